The van der Waals surface area contributed by atoms with Crippen molar-refractivity contribution >= 4 is 23.9 Å². The van der Waals surface area contributed by atoms with Crippen LogP contribution in [0.15, 0.2) is 64.9 Å². The Balaban J connectivity index is 1.59. The summed E-state index contributed by atoms with van der Waals surface area (Å²) in [7, 11) is 0. The number of hydrogen-bond acceptors (Lipinski definition) is 5. The number of carbonyl (C=O) groups excluding carboxylic acids is 1. The Kier molecular flexibility index (Phi) is 6.38. The molecule has 1 aromatic heterocycles. The van der Waals surface area contributed by atoms with Crippen molar-refractivity contribution in [3.63, 3.8) is 0 Å². The number of thioether (sulfide) groups is 1. The number of amides is 1. The van der Waals surface area contributed by atoms with Crippen LogP contribution >= 0.6 is 11.8 Å². The molecule has 7 heteroatoms. The Labute approximate surface area is 162 Å². The third-order valence-corrected chi connectivity index (χ3v) is 4.95. The van der Waals surface area contributed by atoms with Crippen LogP contribution < -0.4 is 5.43 Å². The van der Waals surface area contributed by atoms with Crippen LogP contribution in [0.1, 0.15) is 18.1 Å². The van der Waals surface area contributed by atoms with E-state index in [0.717, 1.165) is 34.2 Å². The lowest BCUT2D eigenvalue weighted by Crippen LogP contribution is -2.20. The van der Waals surface area contributed by atoms with Gasteiger partial charge in [-0.05, 0) is 25.0 Å². The summed E-state index contributed by atoms with van der Waals surface area (Å²) in [5.41, 5.74) is 5.64. The van der Waals surface area contributed by atoms with Gasteiger partial charge in [-0.15, -0.1) is 10.2 Å². The molecule has 3 rings (SSSR count). The van der Waals surface area contributed by atoms with Crippen LogP contribution in [0.5, 0.6) is 0 Å². The SMILES string of the molecule is CCn1c(SCC(=O)NN=Cc2ccccc2C)nnc1-c1ccccc1. The van der Waals surface area contributed by atoms with Crippen LogP contribution in [0.25, 0.3) is 11.4 Å². The number of hydrazone groups is 1. The molecule has 0 spiro atoms. The molecule has 1 amide bonds. The number of nitrogens with zero attached hydrogens (tertiary/aromatic N) is 4. The zero-order valence-electron chi connectivity index (χ0n) is 15.3. The van der Waals surface area contributed by atoms with Crippen molar-refractivity contribution in [2.75, 3.05) is 5.75 Å². The predicted molar refractivity (Wildman–Crippen MR) is 109 cm³/mol. The van der Waals surface area contributed by atoms with E-state index in [1.54, 1.807) is 6.21 Å². The smallest absolute Gasteiger partial charge is 0.250 e. The largest absolute Gasteiger partial charge is 0.302 e. The highest BCUT2D eigenvalue weighted by atomic mass is 32.2. The number of benzene rings is 2. The van der Waals surface area contributed by atoms with Crippen LogP contribution in [0, 0.1) is 6.92 Å². The number of aromatic nitrogens is 3. The first-order chi connectivity index (χ1) is 13.2. The molecule has 0 saturated heterocycles. The van der Waals surface area contributed by atoms with E-state index in [1.807, 2.05) is 73.0 Å². The third-order valence-electron chi connectivity index (χ3n) is 3.98. The fourth-order valence-corrected chi connectivity index (χ4v) is 3.34. The summed E-state index contributed by atoms with van der Waals surface area (Å²) < 4.78 is 2.00. The van der Waals surface area contributed by atoms with Crippen LogP contribution in [-0.4, -0.2) is 32.6 Å². The molecule has 27 heavy (non-hydrogen) atoms. The summed E-state index contributed by atoms with van der Waals surface area (Å²) in [5, 5.41) is 13.3. The van der Waals surface area contributed by atoms with Crippen LogP contribution in [0.2, 0.25) is 0 Å². The Bertz CT molecular complexity index is 937. The molecule has 138 valence electrons. The Morgan fingerprint density at radius 3 is 2.63 bits per heavy atom. The molecule has 0 aliphatic heterocycles. The number of hydrogen-bond donors (Lipinski definition) is 1. The molecule has 0 aliphatic rings. The van der Waals surface area contributed by atoms with Crippen molar-refractivity contribution < 1.29 is 4.79 Å². The average molecular weight is 379 g/mol. The maximum atomic E-state index is 12.1. The molecule has 0 atom stereocenters. The van der Waals surface area contributed by atoms with Crippen LogP contribution in [0.3, 0.4) is 0 Å². The lowest BCUT2D eigenvalue weighted by Gasteiger charge is -2.06. The molecule has 1 N–H and O–H groups in total. The lowest BCUT2D eigenvalue weighted by atomic mass is 10.1. The maximum absolute atomic E-state index is 12.1. The first-order valence-electron chi connectivity index (χ1n) is 8.68. The molecular weight excluding hydrogens is 358 g/mol. The van der Waals surface area contributed by atoms with Crippen molar-refractivity contribution in [2.24, 2.45) is 5.10 Å². The quantitative estimate of drug-likeness (QED) is 0.387. The van der Waals surface area contributed by atoms with Crippen molar-refractivity contribution in [1.29, 1.82) is 0 Å². The molecule has 1 heterocycles. The molecule has 0 unspecified atom stereocenters. The van der Waals surface area contributed by atoms with Gasteiger partial charge in [0.1, 0.15) is 0 Å². The second-order valence-corrected chi connectivity index (χ2v) is 6.80. The second-order valence-electron chi connectivity index (χ2n) is 5.85. The second kappa shape index (κ2) is 9.14. The van der Waals surface area contributed by atoms with Crippen molar-refractivity contribution in [3.05, 3.63) is 65.7 Å². The molecule has 2 aromatic carbocycles. The van der Waals surface area contributed by atoms with Crippen molar-refractivity contribution in [3.8, 4) is 11.4 Å². The van der Waals surface area contributed by atoms with E-state index in [2.05, 4.69) is 20.7 Å². The first kappa shape index (κ1) is 18.8. The Morgan fingerprint density at radius 2 is 1.89 bits per heavy atom. The molecule has 0 saturated carbocycles. The summed E-state index contributed by atoms with van der Waals surface area (Å²) in [6.45, 7) is 4.76. The first-order valence-corrected chi connectivity index (χ1v) is 9.66. The summed E-state index contributed by atoms with van der Waals surface area (Å²) >= 11 is 1.35. The van der Waals surface area contributed by atoms with E-state index in [-0.39, 0.29) is 11.7 Å². The predicted octanol–water partition coefficient (Wildman–Crippen LogP) is 3.52. The Morgan fingerprint density at radius 1 is 1.15 bits per heavy atom. The van der Waals surface area contributed by atoms with Gasteiger partial charge in [0, 0.05) is 12.1 Å². The zero-order valence-corrected chi connectivity index (χ0v) is 16.1. The van der Waals surface area contributed by atoms with Gasteiger partial charge >= 0.3 is 0 Å². The topological polar surface area (TPSA) is 72.2 Å². The van der Waals surface area contributed by atoms with Crippen molar-refractivity contribution in [1.82, 2.24) is 20.2 Å². The molecule has 3 aromatic rings. The van der Waals surface area contributed by atoms with Gasteiger partial charge < -0.3 is 4.57 Å². The molecule has 0 fully saturated rings. The molecule has 0 bridgehead atoms. The zero-order chi connectivity index (χ0) is 19.1. The molecule has 6 nitrogen and oxygen atoms in total. The van der Waals surface area contributed by atoms with Gasteiger partial charge in [-0.3, -0.25) is 4.79 Å². The van der Waals surface area contributed by atoms with E-state index in [9.17, 15) is 4.79 Å². The highest BCUT2D eigenvalue weighted by Crippen LogP contribution is 2.23. The third kappa shape index (κ3) is 4.83. The summed E-state index contributed by atoms with van der Waals surface area (Å²) in [5.74, 6) is 0.841. The minimum Gasteiger partial charge on any atom is -0.302 e. The van der Waals surface area contributed by atoms with E-state index in [1.165, 1.54) is 11.8 Å². The minimum absolute atomic E-state index is 0.184. The molecule has 0 radical (unpaired) electrons. The van der Waals surface area contributed by atoms with E-state index >= 15 is 0 Å². The monoisotopic (exact) mass is 379 g/mol. The number of nitrogens with one attached hydrogen (secondary N) is 1. The van der Waals surface area contributed by atoms with Gasteiger partial charge in [0.2, 0.25) is 0 Å². The van der Waals surface area contributed by atoms with Crippen molar-refractivity contribution in [2.45, 2.75) is 25.5 Å². The maximum Gasteiger partial charge on any atom is 0.250 e. The van der Waals surface area contributed by atoms with Gasteiger partial charge in [0.05, 0.1) is 12.0 Å². The lowest BCUT2D eigenvalue weighted by molar-refractivity contribution is -0.118. The summed E-state index contributed by atoms with van der Waals surface area (Å²) in [4.78, 5) is 12.1. The minimum atomic E-state index is -0.184. The average Bonchev–Trinajstić information content (AvgIpc) is 3.11. The van der Waals surface area contributed by atoms with Crippen LogP contribution in [0.4, 0.5) is 0 Å². The summed E-state index contributed by atoms with van der Waals surface area (Å²) in [6.07, 6.45) is 1.65. The van der Waals surface area contributed by atoms with E-state index in [4.69, 9.17) is 0 Å². The normalized spacial score (nSPS) is 11.0. The van der Waals surface area contributed by atoms with Gasteiger partial charge in [0.15, 0.2) is 11.0 Å². The Hall–Kier alpha value is -2.93. The standard InChI is InChI=1S/C20H21N5OS/c1-3-25-19(16-10-5-4-6-11-16)23-24-20(25)27-14-18(26)22-21-13-17-12-8-7-9-15(17)2/h4-13H,3,14H2,1-2H3,(H,22,26). The molecule has 0 aliphatic carbocycles. The highest BCUT2D eigenvalue weighted by molar-refractivity contribution is 7.99. The fourth-order valence-electron chi connectivity index (χ4n) is 2.55. The van der Waals surface area contributed by atoms with E-state index in [0.29, 0.717) is 0 Å². The van der Waals surface area contributed by atoms with Crippen LogP contribution in [-0.2, 0) is 11.3 Å². The number of aryl methyl sites for hydroxylation is 1. The highest BCUT2D eigenvalue weighted by Gasteiger charge is 2.14. The van der Waals surface area contributed by atoms with Gasteiger partial charge in [0.25, 0.3) is 5.91 Å². The van der Waals surface area contributed by atoms with Gasteiger partial charge in [-0.1, -0.05) is 66.4 Å². The van der Waals surface area contributed by atoms with Gasteiger partial charge in [-0.2, -0.15) is 5.10 Å². The molecular formula is C20H21N5OS. The number of carbonyl (C=O) groups is 1. The van der Waals surface area contributed by atoms with Gasteiger partial charge in [-0.25, -0.2) is 5.43 Å². The number of rotatable bonds is 7. The van der Waals surface area contributed by atoms with E-state index < -0.39 is 0 Å². The summed E-state index contributed by atoms with van der Waals surface area (Å²) in [6, 6.07) is 17.8. The fraction of sp³-hybridized carbons (Fsp3) is 0.200.